The summed E-state index contributed by atoms with van der Waals surface area (Å²) in [5.41, 5.74) is 2.00. The molecule has 1 amide bonds. The summed E-state index contributed by atoms with van der Waals surface area (Å²) in [6.45, 7) is 4.96. The molecule has 1 fully saturated rings. The second-order valence-corrected chi connectivity index (χ2v) is 10.3. The van der Waals surface area contributed by atoms with Crippen molar-refractivity contribution in [2.24, 2.45) is 5.92 Å². The zero-order valence-electron chi connectivity index (χ0n) is 16.1. The third-order valence-electron chi connectivity index (χ3n) is 5.12. The lowest BCUT2D eigenvalue weighted by atomic mass is 9.97. The molecule has 1 saturated heterocycles. The number of carbonyl (C=O) groups excluding carboxylic acids is 1. The molecule has 1 aliphatic heterocycles. The van der Waals surface area contributed by atoms with Gasteiger partial charge in [0, 0.05) is 29.2 Å². The molecule has 0 aliphatic carbocycles. The molecule has 7 heteroatoms. The summed E-state index contributed by atoms with van der Waals surface area (Å²) in [7, 11) is -3.52. The normalized spacial score (nSPS) is 16.3. The maximum Gasteiger partial charge on any atom is 0.243 e. The molecule has 2 aromatic carbocycles. The number of hydrogen-bond acceptors (Lipinski definition) is 3. The highest BCUT2D eigenvalue weighted by molar-refractivity contribution is 9.10. The maximum atomic E-state index is 12.8. The van der Waals surface area contributed by atoms with Crippen LogP contribution in [0.2, 0.25) is 0 Å². The van der Waals surface area contributed by atoms with E-state index in [9.17, 15) is 13.2 Å². The Kier molecular flexibility index (Phi) is 6.58. The van der Waals surface area contributed by atoms with Crippen LogP contribution in [0.3, 0.4) is 0 Å². The lowest BCUT2D eigenvalue weighted by molar-refractivity contribution is -0.120. The van der Waals surface area contributed by atoms with Gasteiger partial charge < -0.3 is 5.32 Å². The van der Waals surface area contributed by atoms with Crippen molar-refractivity contribution < 1.29 is 13.2 Å². The molecule has 0 radical (unpaired) electrons. The zero-order chi connectivity index (χ0) is 20.3. The predicted molar refractivity (Wildman–Crippen MR) is 115 cm³/mol. The summed E-state index contributed by atoms with van der Waals surface area (Å²) >= 11 is 3.32. The van der Waals surface area contributed by atoms with E-state index in [1.165, 1.54) is 9.87 Å². The zero-order valence-corrected chi connectivity index (χ0v) is 18.5. The first kappa shape index (κ1) is 21.0. The molecule has 2 aromatic rings. The van der Waals surface area contributed by atoms with Crippen LogP contribution < -0.4 is 5.32 Å². The largest absolute Gasteiger partial charge is 0.326 e. The Morgan fingerprint density at radius 3 is 2.14 bits per heavy atom. The van der Waals surface area contributed by atoms with Crippen LogP contribution >= 0.6 is 15.9 Å². The average molecular weight is 465 g/mol. The molecule has 0 unspecified atom stereocenters. The van der Waals surface area contributed by atoms with Gasteiger partial charge in [-0.25, -0.2) is 8.42 Å². The molecule has 1 heterocycles. The van der Waals surface area contributed by atoms with Crippen LogP contribution in [0.15, 0.2) is 57.9 Å². The lowest BCUT2D eigenvalue weighted by Gasteiger charge is -2.30. The first-order valence-corrected chi connectivity index (χ1v) is 11.7. The van der Waals surface area contributed by atoms with E-state index in [1.54, 1.807) is 24.3 Å². The molecule has 1 N–H and O–H groups in total. The number of piperidine rings is 1. The number of anilines is 1. The summed E-state index contributed by atoms with van der Waals surface area (Å²) < 4.78 is 27.8. The quantitative estimate of drug-likeness (QED) is 0.701. The minimum Gasteiger partial charge on any atom is -0.326 e. The molecular formula is C21H25BrN2O3S. The summed E-state index contributed by atoms with van der Waals surface area (Å²) in [5, 5.41) is 2.96. The van der Waals surface area contributed by atoms with Gasteiger partial charge in [-0.15, -0.1) is 0 Å². The molecule has 0 saturated carbocycles. The minimum atomic E-state index is -3.52. The van der Waals surface area contributed by atoms with Crippen LogP contribution in [-0.2, 0) is 14.8 Å². The van der Waals surface area contributed by atoms with Crippen molar-refractivity contribution in [3.63, 3.8) is 0 Å². The highest BCUT2D eigenvalue weighted by Gasteiger charge is 2.32. The predicted octanol–water partition coefficient (Wildman–Crippen LogP) is 4.61. The van der Waals surface area contributed by atoms with Crippen molar-refractivity contribution in [2.75, 3.05) is 18.4 Å². The van der Waals surface area contributed by atoms with Crippen LogP contribution in [0, 0.1) is 5.92 Å². The minimum absolute atomic E-state index is 0.0435. The fraction of sp³-hybridized carbons (Fsp3) is 0.381. The number of carbonyl (C=O) groups is 1. The fourth-order valence-corrected chi connectivity index (χ4v) is 5.04. The van der Waals surface area contributed by atoms with Gasteiger partial charge in [0.1, 0.15) is 0 Å². The van der Waals surface area contributed by atoms with Gasteiger partial charge >= 0.3 is 0 Å². The van der Waals surface area contributed by atoms with Crippen LogP contribution in [0.1, 0.15) is 38.2 Å². The number of rotatable bonds is 5. The lowest BCUT2D eigenvalue weighted by Crippen LogP contribution is -2.41. The Labute approximate surface area is 175 Å². The number of nitrogens with zero attached hydrogens (tertiary/aromatic N) is 1. The van der Waals surface area contributed by atoms with E-state index in [0.717, 1.165) is 10.2 Å². The van der Waals surface area contributed by atoms with Gasteiger partial charge in [-0.3, -0.25) is 4.79 Å². The molecule has 0 atom stereocenters. The number of nitrogens with one attached hydrogen (secondary N) is 1. The smallest absolute Gasteiger partial charge is 0.243 e. The Bertz CT molecular complexity index is 917. The van der Waals surface area contributed by atoms with Gasteiger partial charge in [0.15, 0.2) is 0 Å². The van der Waals surface area contributed by atoms with Crippen molar-refractivity contribution in [2.45, 2.75) is 37.5 Å². The third-order valence-corrected chi connectivity index (χ3v) is 7.56. The molecule has 28 heavy (non-hydrogen) atoms. The van der Waals surface area contributed by atoms with Gasteiger partial charge in [-0.05, 0) is 60.7 Å². The number of halogens is 1. The first-order chi connectivity index (χ1) is 13.3. The SMILES string of the molecule is CC(C)c1ccc(NC(=O)C2CCN(S(=O)(=O)c3ccc(Br)cc3)CC2)cc1. The van der Waals surface area contributed by atoms with Crippen molar-refractivity contribution >= 4 is 37.5 Å². The van der Waals surface area contributed by atoms with Gasteiger partial charge in [0.2, 0.25) is 15.9 Å². The van der Waals surface area contributed by atoms with E-state index in [2.05, 4.69) is 35.1 Å². The van der Waals surface area contributed by atoms with Crippen molar-refractivity contribution in [3.05, 3.63) is 58.6 Å². The third kappa shape index (κ3) is 4.82. The molecule has 150 valence electrons. The Morgan fingerprint density at radius 1 is 1.04 bits per heavy atom. The van der Waals surface area contributed by atoms with Gasteiger partial charge in [0.05, 0.1) is 4.90 Å². The van der Waals surface area contributed by atoms with E-state index in [0.29, 0.717) is 31.8 Å². The molecule has 0 aromatic heterocycles. The van der Waals surface area contributed by atoms with E-state index >= 15 is 0 Å². The Morgan fingerprint density at radius 2 is 1.61 bits per heavy atom. The summed E-state index contributed by atoms with van der Waals surface area (Å²) in [4.78, 5) is 12.8. The Balaban J connectivity index is 1.58. The number of amides is 1. The van der Waals surface area contributed by atoms with E-state index in [4.69, 9.17) is 0 Å². The van der Waals surface area contributed by atoms with Crippen molar-refractivity contribution in [3.8, 4) is 0 Å². The van der Waals surface area contributed by atoms with Crippen LogP contribution in [-0.4, -0.2) is 31.7 Å². The first-order valence-electron chi connectivity index (χ1n) is 9.44. The van der Waals surface area contributed by atoms with Crippen molar-refractivity contribution in [1.29, 1.82) is 0 Å². The second-order valence-electron chi connectivity index (χ2n) is 7.40. The van der Waals surface area contributed by atoms with Gasteiger partial charge in [-0.2, -0.15) is 4.31 Å². The Hall–Kier alpha value is -1.70. The van der Waals surface area contributed by atoms with E-state index in [1.807, 2.05) is 24.3 Å². The van der Waals surface area contributed by atoms with Gasteiger partial charge in [-0.1, -0.05) is 41.9 Å². The summed E-state index contributed by atoms with van der Waals surface area (Å²) in [6.07, 6.45) is 1.04. The number of hydrogen-bond donors (Lipinski definition) is 1. The maximum absolute atomic E-state index is 12.8. The van der Waals surface area contributed by atoms with Crippen molar-refractivity contribution in [1.82, 2.24) is 4.31 Å². The van der Waals surface area contributed by atoms with Crippen LogP contribution in [0.25, 0.3) is 0 Å². The molecule has 3 rings (SSSR count). The molecule has 0 spiro atoms. The van der Waals surface area contributed by atoms with Gasteiger partial charge in [0.25, 0.3) is 0 Å². The fourth-order valence-electron chi connectivity index (χ4n) is 3.31. The van der Waals surface area contributed by atoms with E-state index < -0.39 is 10.0 Å². The van der Waals surface area contributed by atoms with Crippen LogP contribution in [0.4, 0.5) is 5.69 Å². The number of sulfonamides is 1. The molecular weight excluding hydrogens is 440 g/mol. The monoisotopic (exact) mass is 464 g/mol. The molecule has 1 aliphatic rings. The summed E-state index contributed by atoms with van der Waals surface area (Å²) in [6, 6.07) is 14.5. The molecule has 5 nitrogen and oxygen atoms in total. The summed E-state index contributed by atoms with van der Waals surface area (Å²) in [5.74, 6) is 0.223. The molecule has 0 bridgehead atoms. The van der Waals surface area contributed by atoms with E-state index in [-0.39, 0.29) is 16.7 Å². The van der Waals surface area contributed by atoms with Crippen LogP contribution in [0.5, 0.6) is 0 Å². The standard InChI is InChI=1S/C21H25BrN2O3S/c1-15(2)16-3-7-19(8-4-16)23-21(25)17-11-13-24(14-12-17)28(26,27)20-9-5-18(22)6-10-20/h3-10,15,17H,11-14H2,1-2H3,(H,23,25). The highest BCUT2D eigenvalue weighted by Crippen LogP contribution is 2.26. The average Bonchev–Trinajstić information content (AvgIpc) is 2.69. The second kappa shape index (κ2) is 8.76. The number of benzene rings is 2. The topological polar surface area (TPSA) is 66.5 Å². The highest BCUT2D eigenvalue weighted by atomic mass is 79.9.